The number of amides is 3. The molecule has 2 unspecified atom stereocenters. The number of alkyl carbamates (subject to hydrolysis) is 1. The molecule has 0 aromatic heterocycles. The van der Waals surface area contributed by atoms with Gasteiger partial charge in [0.25, 0.3) is 5.91 Å². The molecule has 2 aromatic carbocycles. The fourth-order valence-corrected chi connectivity index (χ4v) is 5.52. The van der Waals surface area contributed by atoms with Crippen molar-refractivity contribution in [3.63, 3.8) is 0 Å². The van der Waals surface area contributed by atoms with E-state index in [0.29, 0.717) is 35.0 Å². The minimum absolute atomic E-state index is 0.315. The van der Waals surface area contributed by atoms with Crippen molar-refractivity contribution < 1.29 is 19.1 Å². The van der Waals surface area contributed by atoms with Crippen LogP contribution in [0.25, 0.3) is 0 Å². The summed E-state index contributed by atoms with van der Waals surface area (Å²) < 4.78 is 5.50. The molecule has 0 bridgehead atoms. The van der Waals surface area contributed by atoms with Crippen molar-refractivity contribution >= 4 is 47.0 Å². The molecule has 0 heterocycles. The number of anilines is 1. The average molecular weight is 632 g/mol. The molecule has 2 N–H and O–H groups in total. The predicted octanol–water partition coefficient (Wildman–Crippen LogP) is 8.47. The zero-order valence-corrected chi connectivity index (χ0v) is 28.5. The van der Waals surface area contributed by atoms with E-state index >= 15 is 0 Å². The number of hydrogen-bond acceptors (Lipinski definition) is 5. The molecule has 2 rings (SSSR count). The van der Waals surface area contributed by atoms with Crippen LogP contribution in [0.3, 0.4) is 0 Å². The number of ether oxygens (including phenoxy) is 1. The highest BCUT2D eigenvalue weighted by molar-refractivity contribution is 7.98. The summed E-state index contributed by atoms with van der Waals surface area (Å²) in [6.07, 6.45) is 7.88. The summed E-state index contributed by atoms with van der Waals surface area (Å²) in [5, 5.41) is 6.25. The molecular formula is C34H50ClN3O4S. The van der Waals surface area contributed by atoms with E-state index in [4.69, 9.17) is 16.3 Å². The normalized spacial score (nSPS) is 12.7. The van der Waals surface area contributed by atoms with E-state index in [9.17, 15) is 14.4 Å². The van der Waals surface area contributed by atoms with Crippen molar-refractivity contribution in [1.82, 2.24) is 10.2 Å². The van der Waals surface area contributed by atoms with Gasteiger partial charge in [-0.25, -0.2) is 4.79 Å². The molecule has 7 nitrogen and oxygen atoms in total. The van der Waals surface area contributed by atoms with Crippen LogP contribution in [0.15, 0.2) is 42.5 Å². The Morgan fingerprint density at radius 1 is 0.977 bits per heavy atom. The van der Waals surface area contributed by atoms with Gasteiger partial charge in [-0.1, -0.05) is 92.6 Å². The highest BCUT2D eigenvalue weighted by Gasteiger charge is 2.36. The molecule has 0 aliphatic carbocycles. The number of thioether (sulfide) groups is 1. The number of nitrogens with zero attached hydrogens (tertiary/aromatic N) is 1. The Kier molecular flexibility index (Phi) is 15.4. The zero-order chi connectivity index (χ0) is 32.0. The number of rotatable bonds is 16. The van der Waals surface area contributed by atoms with Crippen LogP contribution in [0.5, 0.6) is 0 Å². The molecule has 2 aromatic rings. The summed E-state index contributed by atoms with van der Waals surface area (Å²) in [6, 6.07) is 11.3. The summed E-state index contributed by atoms with van der Waals surface area (Å²) in [4.78, 5) is 43.1. The highest BCUT2D eigenvalue weighted by atomic mass is 35.5. The first-order valence-electron chi connectivity index (χ1n) is 15.3. The molecule has 0 spiro atoms. The predicted molar refractivity (Wildman–Crippen MR) is 180 cm³/mol. The largest absolute Gasteiger partial charge is 0.444 e. The first kappa shape index (κ1) is 36.5. The van der Waals surface area contributed by atoms with Crippen LogP contribution in [-0.2, 0) is 14.3 Å². The van der Waals surface area contributed by atoms with Gasteiger partial charge in [0, 0.05) is 6.54 Å². The van der Waals surface area contributed by atoms with E-state index < -0.39 is 23.8 Å². The Hall–Kier alpha value is -2.71. The van der Waals surface area contributed by atoms with Crippen molar-refractivity contribution in [1.29, 1.82) is 0 Å². The van der Waals surface area contributed by atoms with E-state index in [1.54, 1.807) is 43.5 Å². The Morgan fingerprint density at radius 3 is 2.23 bits per heavy atom. The molecule has 3 amide bonds. The lowest BCUT2D eigenvalue weighted by Gasteiger charge is -2.35. The van der Waals surface area contributed by atoms with E-state index in [-0.39, 0.29) is 11.8 Å². The monoisotopic (exact) mass is 631 g/mol. The van der Waals surface area contributed by atoms with Crippen molar-refractivity contribution in [3.8, 4) is 0 Å². The number of aryl methyl sites for hydroxylation is 2. The standard InChI is InChI=1S/C34H50ClN3O4S/c1-8-9-10-11-12-13-22-38(32(40)28(21-23-43-7)36-33(41)42-34(4,5)6)30(26-19-17-24(2)18-20-26)31(39)37-29-25(3)15-14-16-27(29)35/h14-20,28,30H,8-13,21-23H2,1-7H3,(H,36,41)(H,37,39). The molecular weight excluding hydrogens is 582 g/mol. The first-order chi connectivity index (χ1) is 20.4. The number of nitrogens with one attached hydrogen (secondary N) is 2. The van der Waals surface area contributed by atoms with Crippen molar-refractivity contribution in [2.24, 2.45) is 0 Å². The van der Waals surface area contributed by atoms with Gasteiger partial charge in [0.05, 0.1) is 10.7 Å². The van der Waals surface area contributed by atoms with Gasteiger partial charge >= 0.3 is 6.09 Å². The van der Waals surface area contributed by atoms with Gasteiger partial charge in [-0.15, -0.1) is 0 Å². The Labute approximate surface area is 267 Å². The number of unbranched alkanes of at least 4 members (excludes halogenated alkanes) is 5. The van der Waals surface area contributed by atoms with Gasteiger partial charge in [-0.05, 0) is 76.7 Å². The maximum Gasteiger partial charge on any atom is 0.408 e. The second-order valence-electron chi connectivity index (χ2n) is 12.0. The summed E-state index contributed by atoms with van der Waals surface area (Å²) in [5.41, 5.74) is 2.36. The Bertz CT molecular complexity index is 1160. The highest BCUT2D eigenvalue weighted by Crippen LogP contribution is 2.30. The second-order valence-corrected chi connectivity index (χ2v) is 13.4. The van der Waals surface area contributed by atoms with Crippen LogP contribution in [-0.4, -0.2) is 53.0 Å². The number of hydrogen-bond donors (Lipinski definition) is 2. The van der Waals surface area contributed by atoms with Crippen molar-refractivity contribution in [3.05, 3.63) is 64.2 Å². The summed E-state index contributed by atoms with van der Waals surface area (Å²) >= 11 is 8.08. The zero-order valence-electron chi connectivity index (χ0n) is 26.9. The van der Waals surface area contributed by atoms with Gasteiger partial charge in [-0.2, -0.15) is 11.8 Å². The molecule has 0 aliphatic rings. The Balaban J connectivity index is 2.53. The fraction of sp³-hybridized carbons (Fsp3) is 0.559. The third-order valence-electron chi connectivity index (χ3n) is 7.06. The van der Waals surface area contributed by atoms with Crippen molar-refractivity contribution in [2.45, 2.75) is 104 Å². The molecule has 0 saturated carbocycles. The first-order valence-corrected chi connectivity index (χ1v) is 17.1. The summed E-state index contributed by atoms with van der Waals surface area (Å²) in [5.74, 6) is -0.0255. The van der Waals surface area contributed by atoms with Crippen LogP contribution < -0.4 is 10.6 Å². The maximum absolute atomic E-state index is 14.4. The molecule has 238 valence electrons. The molecule has 0 aliphatic heterocycles. The van der Waals surface area contributed by atoms with Crippen molar-refractivity contribution in [2.75, 3.05) is 23.9 Å². The van der Waals surface area contributed by atoms with Gasteiger partial charge < -0.3 is 20.3 Å². The molecule has 9 heteroatoms. The number of para-hydroxylation sites is 1. The van der Waals surface area contributed by atoms with Crippen LogP contribution in [0.1, 0.15) is 95.4 Å². The van der Waals surface area contributed by atoms with Crippen LogP contribution >= 0.6 is 23.4 Å². The lowest BCUT2D eigenvalue weighted by molar-refractivity contribution is -0.141. The topological polar surface area (TPSA) is 87.7 Å². The summed E-state index contributed by atoms with van der Waals surface area (Å²) in [6.45, 7) is 11.8. The average Bonchev–Trinajstić information content (AvgIpc) is 2.93. The fourth-order valence-electron chi connectivity index (χ4n) is 4.78. The van der Waals surface area contributed by atoms with Crippen LogP contribution in [0.2, 0.25) is 5.02 Å². The van der Waals surface area contributed by atoms with Crippen LogP contribution in [0, 0.1) is 13.8 Å². The third-order valence-corrected chi connectivity index (χ3v) is 8.02. The van der Waals surface area contributed by atoms with E-state index in [1.165, 1.54) is 6.42 Å². The lowest BCUT2D eigenvalue weighted by Crippen LogP contribution is -2.52. The minimum Gasteiger partial charge on any atom is -0.444 e. The quantitative estimate of drug-likeness (QED) is 0.181. The second kappa shape index (κ2) is 18.2. The number of benzene rings is 2. The Morgan fingerprint density at radius 2 is 1.63 bits per heavy atom. The van der Waals surface area contributed by atoms with Gasteiger partial charge in [0.2, 0.25) is 5.91 Å². The molecule has 0 fully saturated rings. The molecule has 0 radical (unpaired) electrons. The summed E-state index contributed by atoms with van der Waals surface area (Å²) in [7, 11) is 0. The smallest absolute Gasteiger partial charge is 0.408 e. The van der Waals surface area contributed by atoms with E-state index in [2.05, 4.69) is 17.6 Å². The molecule has 2 atom stereocenters. The van der Waals surface area contributed by atoms with Crippen LogP contribution in [0.4, 0.5) is 10.5 Å². The number of carbonyl (C=O) groups is 3. The molecule has 0 saturated heterocycles. The maximum atomic E-state index is 14.4. The third kappa shape index (κ3) is 12.4. The van der Waals surface area contributed by atoms with E-state index in [1.807, 2.05) is 56.5 Å². The molecule has 43 heavy (non-hydrogen) atoms. The number of carbonyl (C=O) groups excluding carboxylic acids is 3. The SMILES string of the molecule is CCCCCCCCN(C(=O)C(CCSC)NC(=O)OC(C)(C)C)C(C(=O)Nc1c(C)cccc1Cl)c1ccc(C)cc1. The van der Waals surface area contributed by atoms with Gasteiger partial charge in [0.1, 0.15) is 17.7 Å². The number of halogens is 1. The van der Waals surface area contributed by atoms with Gasteiger partial charge in [-0.3, -0.25) is 9.59 Å². The van der Waals surface area contributed by atoms with Gasteiger partial charge in [0.15, 0.2) is 0 Å². The lowest BCUT2D eigenvalue weighted by atomic mass is 10.00. The minimum atomic E-state index is -0.934. The van der Waals surface area contributed by atoms with E-state index in [0.717, 1.165) is 43.2 Å².